The van der Waals surface area contributed by atoms with Gasteiger partial charge in [-0.2, -0.15) is 18.3 Å². The number of aliphatic carboxylic acids is 1. The molecule has 0 spiro atoms. The average molecular weight is 407 g/mol. The number of hydrogen-bond donors (Lipinski definition) is 2. The van der Waals surface area contributed by atoms with Crippen molar-refractivity contribution in [2.24, 2.45) is 5.10 Å². The lowest BCUT2D eigenvalue weighted by molar-refractivity contribution is -0.139. The van der Waals surface area contributed by atoms with Crippen molar-refractivity contribution in [3.05, 3.63) is 57.6 Å². The van der Waals surface area contributed by atoms with Gasteiger partial charge >= 0.3 is 12.1 Å². The summed E-state index contributed by atoms with van der Waals surface area (Å²) in [5.41, 5.74) is 2.64. The molecule has 0 amide bonds. The Morgan fingerprint density at radius 3 is 2.27 bits per heavy atom. The third-order valence-electron chi connectivity index (χ3n) is 2.98. The van der Waals surface area contributed by atoms with Gasteiger partial charge in [0.05, 0.1) is 27.5 Å². The van der Waals surface area contributed by atoms with E-state index in [4.69, 9.17) is 33.0 Å². The number of halogens is 5. The van der Waals surface area contributed by atoms with Crippen LogP contribution in [0.5, 0.6) is 5.75 Å². The highest BCUT2D eigenvalue weighted by atomic mass is 35.5. The lowest BCUT2D eigenvalue weighted by Crippen LogP contribution is -2.10. The number of hydrogen-bond acceptors (Lipinski definition) is 4. The molecule has 0 fully saturated rings. The average Bonchev–Trinajstić information content (AvgIpc) is 2.53. The zero-order chi connectivity index (χ0) is 19.3. The number of carbonyl (C=O) groups is 1. The maximum atomic E-state index is 12.5. The van der Waals surface area contributed by atoms with Crippen LogP contribution >= 0.6 is 23.2 Å². The van der Waals surface area contributed by atoms with Crippen molar-refractivity contribution in [1.82, 2.24) is 0 Å². The molecule has 0 heterocycles. The molecule has 0 saturated heterocycles. The third kappa shape index (κ3) is 5.53. The third-order valence-corrected chi connectivity index (χ3v) is 3.54. The second-order valence-electron chi connectivity index (χ2n) is 4.94. The Labute approximate surface area is 156 Å². The summed E-state index contributed by atoms with van der Waals surface area (Å²) >= 11 is 12.0. The fourth-order valence-corrected chi connectivity index (χ4v) is 2.45. The Morgan fingerprint density at radius 1 is 1.19 bits per heavy atom. The van der Waals surface area contributed by atoms with E-state index in [2.05, 4.69) is 10.5 Å². The van der Waals surface area contributed by atoms with Crippen LogP contribution in [-0.2, 0) is 11.0 Å². The first-order valence-electron chi connectivity index (χ1n) is 6.97. The first kappa shape index (κ1) is 19.9. The van der Waals surface area contributed by atoms with Gasteiger partial charge in [0.2, 0.25) is 0 Å². The molecular weight excluding hydrogens is 396 g/mol. The summed E-state index contributed by atoms with van der Waals surface area (Å²) in [5.74, 6) is -1.15. The topological polar surface area (TPSA) is 70.9 Å². The van der Waals surface area contributed by atoms with Gasteiger partial charge in [0.25, 0.3) is 0 Å². The first-order chi connectivity index (χ1) is 12.2. The minimum atomic E-state index is -4.40. The fraction of sp³-hybridized carbons (Fsp3) is 0.125. The normalized spacial score (nSPS) is 11.6. The van der Waals surface area contributed by atoms with E-state index in [0.29, 0.717) is 11.3 Å². The number of nitrogens with one attached hydrogen (secondary N) is 1. The van der Waals surface area contributed by atoms with Gasteiger partial charge in [0.15, 0.2) is 12.4 Å². The summed E-state index contributed by atoms with van der Waals surface area (Å²) in [4.78, 5) is 10.5. The quantitative estimate of drug-likeness (QED) is 0.527. The number of anilines is 1. The Balaban J connectivity index is 2.05. The second kappa shape index (κ2) is 8.29. The number of alkyl halides is 3. The molecule has 2 aromatic rings. The first-order valence-corrected chi connectivity index (χ1v) is 7.72. The van der Waals surface area contributed by atoms with E-state index >= 15 is 0 Å². The summed E-state index contributed by atoms with van der Waals surface area (Å²) in [6.45, 7) is -0.595. The van der Waals surface area contributed by atoms with Crippen molar-refractivity contribution < 1.29 is 27.8 Å². The summed E-state index contributed by atoms with van der Waals surface area (Å²) in [6.07, 6.45) is -3.06. The van der Waals surface area contributed by atoms with Gasteiger partial charge in [-0.05, 0) is 42.0 Å². The Hall–Kier alpha value is -2.45. The van der Waals surface area contributed by atoms with Crippen LogP contribution in [0.4, 0.5) is 18.9 Å². The van der Waals surface area contributed by atoms with Crippen molar-refractivity contribution in [3.63, 3.8) is 0 Å². The molecular formula is C16H11Cl2F3N2O3. The Kier molecular flexibility index (Phi) is 6.33. The monoisotopic (exact) mass is 406 g/mol. The van der Waals surface area contributed by atoms with Crippen molar-refractivity contribution in [2.75, 3.05) is 12.0 Å². The van der Waals surface area contributed by atoms with Gasteiger partial charge in [-0.1, -0.05) is 23.2 Å². The van der Waals surface area contributed by atoms with Gasteiger partial charge < -0.3 is 9.84 Å². The highest BCUT2D eigenvalue weighted by molar-refractivity contribution is 6.37. The van der Waals surface area contributed by atoms with Crippen LogP contribution in [0.3, 0.4) is 0 Å². The second-order valence-corrected chi connectivity index (χ2v) is 5.76. The van der Waals surface area contributed by atoms with Gasteiger partial charge in [0.1, 0.15) is 0 Å². The zero-order valence-corrected chi connectivity index (χ0v) is 14.4. The van der Waals surface area contributed by atoms with Crippen LogP contribution < -0.4 is 10.2 Å². The number of hydrazone groups is 1. The SMILES string of the molecule is O=C(O)COc1c(Cl)cc(/C=N/Nc2ccc(C(F)(F)F)cc2)cc1Cl. The van der Waals surface area contributed by atoms with E-state index in [-0.39, 0.29) is 15.8 Å². The Morgan fingerprint density at radius 2 is 1.77 bits per heavy atom. The lowest BCUT2D eigenvalue weighted by atomic mass is 10.2. The molecule has 0 radical (unpaired) electrons. The van der Waals surface area contributed by atoms with Crippen molar-refractivity contribution in [1.29, 1.82) is 0 Å². The molecule has 0 aliphatic heterocycles. The summed E-state index contributed by atoms with van der Waals surface area (Å²) in [6, 6.07) is 7.23. The van der Waals surface area contributed by atoms with Crippen molar-refractivity contribution >= 4 is 41.1 Å². The number of carboxylic acids is 1. The lowest BCUT2D eigenvalue weighted by Gasteiger charge is -2.09. The molecule has 2 rings (SSSR count). The van der Waals surface area contributed by atoms with Crippen LogP contribution in [0.25, 0.3) is 0 Å². The predicted molar refractivity (Wildman–Crippen MR) is 92.3 cm³/mol. The minimum absolute atomic E-state index is 0.0311. The Bertz CT molecular complexity index is 801. The number of rotatable bonds is 6. The summed E-state index contributed by atoms with van der Waals surface area (Å²) < 4.78 is 42.4. The molecule has 2 N–H and O–H groups in total. The molecule has 5 nitrogen and oxygen atoms in total. The smallest absolute Gasteiger partial charge is 0.416 e. The van der Waals surface area contributed by atoms with E-state index in [1.165, 1.54) is 30.5 Å². The van der Waals surface area contributed by atoms with Crippen LogP contribution in [0, 0.1) is 0 Å². The standard InChI is InChI=1S/C16H11Cl2F3N2O3/c17-12-5-9(6-13(18)15(12)26-8-14(24)25)7-22-23-11-3-1-10(2-4-11)16(19,20)21/h1-7,23H,8H2,(H,24,25)/b22-7+. The van der Waals surface area contributed by atoms with E-state index in [1.807, 2.05) is 0 Å². The number of benzene rings is 2. The maximum Gasteiger partial charge on any atom is 0.416 e. The van der Waals surface area contributed by atoms with E-state index in [1.54, 1.807) is 0 Å². The summed E-state index contributed by atoms with van der Waals surface area (Å²) in [7, 11) is 0. The van der Waals surface area contributed by atoms with Crippen molar-refractivity contribution in [2.45, 2.75) is 6.18 Å². The zero-order valence-electron chi connectivity index (χ0n) is 12.8. The van der Waals surface area contributed by atoms with E-state index in [0.717, 1.165) is 12.1 Å². The number of carboxylic acid groups (broad SMARTS) is 1. The van der Waals surface area contributed by atoms with Gasteiger partial charge in [-0.15, -0.1) is 0 Å². The molecule has 0 aliphatic carbocycles. The van der Waals surface area contributed by atoms with Crippen molar-refractivity contribution in [3.8, 4) is 5.75 Å². The molecule has 26 heavy (non-hydrogen) atoms. The van der Waals surface area contributed by atoms with Crippen LogP contribution in [-0.4, -0.2) is 23.9 Å². The van der Waals surface area contributed by atoms with E-state index < -0.39 is 24.3 Å². The van der Waals surface area contributed by atoms with Gasteiger partial charge in [0, 0.05) is 0 Å². The molecule has 0 atom stereocenters. The largest absolute Gasteiger partial charge is 0.479 e. The fourth-order valence-electron chi connectivity index (χ4n) is 1.84. The predicted octanol–water partition coefficient (Wildman–Crippen LogP) is 4.92. The molecule has 0 saturated carbocycles. The molecule has 10 heteroatoms. The van der Waals surface area contributed by atoms with E-state index in [9.17, 15) is 18.0 Å². The van der Waals surface area contributed by atoms with Gasteiger partial charge in [-0.25, -0.2) is 4.79 Å². The van der Waals surface area contributed by atoms with Crippen LogP contribution in [0.15, 0.2) is 41.5 Å². The molecule has 0 unspecified atom stereocenters. The van der Waals surface area contributed by atoms with Gasteiger partial charge in [-0.3, -0.25) is 5.43 Å². The molecule has 0 aromatic heterocycles. The number of ether oxygens (including phenoxy) is 1. The minimum Gasteiger partial charge on any atom is -0.479 e. The number of nitrogens with zero attached hydrogens (tertiary/aromatic N) is 1. The summed E-state index contributed by atoms with van der Waals surface area (Å²) in [5, 5.41) is 12.7. The molecule has 0 bridgehead atoms. The highest BCUT2D eigenvalue weighted by Gasteiger charge is 2.29. The molecule has 2 aromatic carbocycles. The molecule has 138 valence electrons. The highest BCUT2D eigenvalue weighted by Crippen LogP contribution is 2.34. The van der Waals surface area contributed by atoms with Crippen LogP contribution in [0.1, 0.15) is 11.1 Å². The maximum absolute atomic E-state index is 12.5. The molecule has 0 aliphatic rings. The van der Waals surface area contributed by atoms with Crippen LogP contribution in [0.2, 0.25) is 10.0 Å².